The minimum Gasteiger partial charge on any atom is -0.353 e. The SMILES string of the molecule is Cc1cc(N2CCN(C(=O)/C=C/c3ccc([N+](=O)[O-])cc3)CC2)nc(C(C)C)n1. The topological polar surface area (TPSA) is 92.5 Å². The Balaban J connectivity index is 1.59. The number of hydrogen-bond acceptors (Lipinski definition) is 6. The molecule has 1 aromatic heterocycles. The Morgan fingerprint density at radius 2 is 1.79 bits per heavy atom. The van der Waals surface area contributed by atoms with E-state index in [0.29, 0.717) is 26.2 Å². The van der Waals surface area contributed by atoms with Gasteiger partial charge in [0.05, 0.1) is 4.92 Å². The van der Waals surface area contributed by atoms with E-state index in [1.807, 2.05) is 13.0 Å². The van der Waals surface area contributed by atoms with Gasteiger partial charge in [-0.15, -0.1) is 0 Å². The van der Waals surface area contributed by atoms with Crippen molar-refractivity contribution in [1.82, 2.24) is 14.9 Å². The Kier molecular flexibility index (Phi) is 6.21. The molecule has 2 heterocycles. The van der Waals surface area contributed by atoms with E-state index in [2.05, 4.69) is 28.7 Å². The van der Waals surface area contributed by atoms with Crippen LogP contribution in [0.4, 0.5) is 11.5 Å². The first-order valence-electron chi connectivity index (χ1n) is 9.65. The van der Waals surface area contributed by atoms with Crippen LogP contribution in [-0.2, 0) is 4.79 Å². The second kappa shape index (κ2) is 8.81. The molecule has 1 saturated heterocycles. The summed E-state index contributed by atoms with van der Waals surface area (Å²) in [6.45, 7) is 8.78. The molecule has 0 aliphatic carbocycles. The highest BCUT2D eigenvalue weighted by atomic mass is 16.6. The third-order valence-electron chi connectivity index (χ3n) is 4.81. The van der Waals surface area contributed by atoms with Gasteiger partial charge in [0.2, 0.25) is 5.91 Å². The third kappa shape index (κ3) is 5.16. The van der Waals surface area contributed by atoms with E-state index in [0.717, 1.165) is 22.9 Å². The number of amides is 1. The van der Waals surface area contributed by atoms with Gasteiger partial charge in [0.15, 0.2) is 0 Å². The van der Waals surface area contributed by atoms with E-state index >= 15 is 0 Å². The number of aromatic nitrogens is 2. The van der Waals surface area contributed by atoms with E-state index in [1.54, 1.807) is 23.1 Å². The Morgan fingerprint density at radius 3 is 2.38 bits per heavy atom. The van der Waals surface area contributed by atoms with Crippen molar-refractivity contribution in [1.29, 1.82) is 0 Å². The molecule has 0 radical (unpaired) electrons. The summed E-state index contributed by atoms with van der Waals surface area (Å²) in [5.41, 5.74) is 1.73. The maximum absolute atomic E-state index is 12.5. The average Bonchev–Trinajstić information content (AvgIpc) is 2.72. The van der Waals surface area contributed by atoms with Gasteiger partial charge in [0, 0.05) is 62.1 Å². The van der Waals surface area contributed by atoms with Crippen LogP contribution in [0.15, 0.2) is 36.4 Å². The lowest BCUT2D eigenvalue weighted by atomic mass is 10.2. The molecule has 1 aliphatic heterocycles. The van der Waals surface area contributed by atoms with E-state index in [9.17, 15) is 14.9 Å². The van der Waals surface area contributed by atoms with Crippen molar-refractivity contribution < 1.29 is 9.72 Å². The number of rotatable bonds is 5. The number of carbonyl (C=O) groups excluding carboxylic acids is 1. The first-order chi connectivity index (χ1) is 13.8. The predicted octanol–water partition coefficient (Wildman–Crippen LogP) is 3.18. The number of nitro benzene ring substituents is 1. The van der Waals surface area contributed by atoms with Gasteiger partial charge in [-0.1, -0.05) is 13.8 Å². The number of piperazine rings is 1. The molecule has 152 valence electrons. The molecule has 0 saturated carbocycles. The van der Waals surface area contributed by atoms with Crippen LogP contribution in [0.3, 0.4) is 0 Å². The number of benzene rings is 1. The molecule has 3 rings (SSSR count). The van der Waals surface area contributed by atoms with Gasteiger partial charge in [0.25, 0.3) is 5.69 Å². The monoisotopic (exact) mass is 395 g/mol. The van der Waals surface area contributed by atoms with Crippen molar-refractivity contribution in [2.75, 3.05) is 31.1 Å². The van der Waals surface area contributed by atoms with Crippen LogP contribution in [0, 0.1) is 17.0 Å². The van der Waals surface area contributed by atoms with Crippen LogP contribution in [0.5, 0.6) is 0 Å². The summed E-state index contributed by atoms with van der Waals surface area (Å²) in [6.07, 6.45) is 3.20. The van der Waals surface area contributed by atoms with Crippen LogP contribution >= 0.6 is 0 Å². The number of aryl methyl sites for hydroxylation is 1. The second-order valence-electron chi connectivity index (χ2n) is 7.37. The summed E-state index contributed by atoms with van der Waals surface area (Å²) >= 11 is 0. The van der Waals surface area contributed by atoms with Crippen LogP contribution in [0.2, 0.25) is 0 Å². The standard InChI is InChI=1S/C21H25N5O3/c1-15(2)21-22-16(3)14-19(23-21)24-10-12-25(13-11-24)20(27)9-6-17-4-7-18(8-5-17)26(28)29/h4-9,14-15H,10-13H2,1-3H3/b9-6+. The first-order valence-corrected chi connectivity index (χ1v) is 9.65. The smallest absolute Gasteiger partial charge is 0.269 e. The number of non-ortho nitro benzene ring substituents is 1. The zero-order valence-corrected chi connectivity index (χ0v) is 16.9. The quantitative estimate of drug-likeness (QED) is 0.439. The van der Waals surface area contributed by atoms with Crippen molar-refractivity contribution in [3.63, 3.8) is 0 Å². The van der Waals surface area contributed by atoms with Crippen molar-refractivity contribution >= 4 is 23.5 Å². The van der Waals surface area contributed by atoms with E-state index in [-0.39, 0.29) is 17.5 Å². The first kappa shape index (κ1) is 20.4. The fourth-order valence-corrected chi connectivity index (χ4v) is 3.13. The number of anilines is 1. The summed E-state index contributed by atoms with van der Waals surface area (Å²) in [7, 11) is 0. The number of nitrogens with zero attached hydrogens (tertiary/aromatic N) is 5. The van der Waals surface area contributed by atoms with Crippen LogP contribution < -0.4 is 4.90 Å². The fraction of sp³-hybridized carbons (Fsp3) is 0.381. The number of hydrogen-bond donors (Lipinski definition) is 0. The van der Waals surface area contributed by atoms with Crippen molar-refractivity contribution in [3.8, 4) is 0 Å². The van der Waals surface area contributed by atoms with Gasteiger partial charge >= 0.3 is 0 Å². The van der Waals surface area contributed by atoms with E-state index in [4.69, 9.17) is 0 Å². The summed E-state index contributed by atoms with van der Waals surface area (Å²) in [6, 6.07) is 8.10. The number of nitro groups is 1. The van der Waals surface area contributed by atoms with Crippen molar-refractivity contribution in [2.24, 2.45) is 0 Å². The predicted molar refractivity (Wildman–Crippen MR) is 112 cm³/mol. The van der Waals surface area contributed by atoms with Gasteiger partial charge < -0.3 is 9.80 Å². The fourth-order valence-electron chi connectivity index (χ4n) is 3.13. The number of carbonyl (C=O) groups is 1. The zero-order valence-electron chi connectivity index (χ0n) is 16.9. The summed E-state index contributed by atoms with van der Waals surface area (Å²) in [5, 5.41) is 10.7. The lowest BCUT2D eigenvalue weighted by Crippen LogP contribution is -2.48. The van der Waals surface area contributed by atoms with Gasteiger partial charge in [-0.2, -0.15) is 0 Å². The molecule has 0 N–H and O–H groups in total. The Hall–Kier alpha value is -3.29. The average molecular weight is 395 g/mol. The summed E-state index contributed by atoms with van der Waals surface area (Å²) in [5.74, 6) is 1.95. The largest absolute Gasteiger partial charge is 0.353 e. The van der Waals surface area contributed by atoms with Gasteiger partial charge in [-0.25, -0.2) is 9.97 Å². The molecule has 0 unspecified atom stereocenters. The molecule has 1 amide bonds. The minimum absolute atomic E-state index is 0.0326. The third-order valence-corrected chi connectivity index (χ3v) is 4.81. The van der Waals surface area contributed by atoms with E-state index in [1.165, 1.54) is 18.2 Å². The molecule has 1 fully saturated rings. The Morgan fingerprint density at radius 1 is 1.14 bits per heavy atom. The van der Waals surface area contributed by atoms with Gasteiger partial charge in [-0.3, -0.25) is 14.9 Å². The highest BCUT2D eigenvalue weighted by Gasteiger charge is 2.21. The van der Waals surface area contributed by atoms with Crippen molar-refractivity contribution in [2.45, 2.75) is 26.7 Å². The van der Waals surface area contributed by atoms with Gasteiger partial charge in [-0.05, 0) is 30.7 Å². The molecule has 0 bridgehead atoms. The summed E-state index contributed by atoms with van der Waals surface area (Å²) in [4.78, 5) is 35.9. The molecular formula is C21H25N5O3. The lowest BCUT2D eigenvalue weighted by molar-refractivity contribution is -0.384. The highest BCUT2D eigenvalue weighted by molar-refractivity contribution is 5.92. The summed E-state index contributed by atoms with van der Waals surface area (Å²) < 4.78 is 0. The Labute approximate surface area is 170 Å². The second-order valence-corrected chi connectivity index (χ2v) is 7.37. The maximum Gasteiger partial charge on any atom is 0.269 e. The molecule has 2 aromatic rings. The molecule has 0 atom stereocenters. The van der Waals surface area contributed by atoms with E-state index < -0.39 is 4.92 Å². The molecule has 0 spiro atoms. The van der Waals surface area contributed by atoms with Crippen molar-refractivity contribution in [3.05, 3.63) is 63.6 Å². The zero-order chi connectivity index (χ0) is 21.0. The molecule has 1 aromatic carbocycles. The van der Waals surface area contributed by atoms with Crippen LogP contribution in [-0.4, -0.2) is 51.9 Å². The highest BCUT2D eigenvalue weighted by Crippen LogP contribution is 2.19. The molecular weight excluding hydrogens is 370 g/mol. The Bertz CT molecular complexity index is 916. The molecule has 8 nitrogen and oxygen atoms in total. The van der Waals surface area contributed by atoms with Gasteiger partial charge in [0.1, 0.15) is 11.6 Å². The maximum atomic E-state index is 12.5. The van der Waals surface area contributed by atoms with Crippen LogP contribution in [0.1, 0.15) is 36.8 Å². The minimum atomic E-state index is -0.443. The molecule has 8 heteroatoms. The molecule has 1 aliphatic rings. The molecule has 29 heavy (non-hydrogen) atoms. The van der Waals surface area contributed by atoms with Crippen LogP contribution in [0.25, 0.3) is 6.08 Å². The normalized spacial score (nSPS) is 14.6. The lowest BCUT2D eigenvalue weighted by Gasteiger charge is -2.35.